The molecule has 0 aliphatic carbocycles. The van der Waals surface area contributed by atoms with Crippen LogP contribution in [0.3, 0.4) is 0 Å². The van der Waals surface area contributed by atoms with E-state index >= 15 is 0 Å². The third kappa shape index (κ3) is 5.67. The molecule has 0 spiro atoms. The fourth-order valence-corrected chi connectivity index (χ4v) is 3.04. The number of ether oxygens (including phenoxy) is 1. The van der Waals surface area contributed by atoms with Gasteiger partial charge in [-0.3, -0.25) is 0 Å². The van der Waals surface area contributed by atoms with Gasteiger partial charge < -0.3 is 15.8 Å². The molecule has 0 amide bonds. The van der Waals surface area contributed by atoms with Crippen molar-refractivity contribution in [2.75, 3.05) is 0 Å². The second kappa shape index (κ2) is 10.0. The first-order valence-electron chi connectivity index (χ1n) is 9.83. The van der Waals surface area contributed by atoms with Gasteiger partial charge in [-0.1, -0.05) is 55.1 Å². The minimum atomic E-state index is -0.315. The van der Waals surface area contributed by atoms with Gasteiger partial charge in [0.2, 0.25) is 0 Å². The fraction of sp³-hybridized carbons (Fsp3) is 0.200. The molecule has 0 bridgehead atoms. The van der Waals surface area contributed by atoms with Crippen LogP contribution in [0, 0.1) is 11.6 Å². The van der Waals surface area contributed by atoms with Crippen LogP contribution < -0.4 is 15.8 Å². The van der Waals surface area contributed by atoms with Crippen LogP contribution in [0.2, 0.25) is 0 Å². The Bertz CT molecular complexity index is 1020. The van der Waals surface area contributed by atoms with Crippen molar-refractivity contribution in [3.05, 3.63) is 113 Å². The quantitative estimate of drug-likeness (QED) is 0.519. The highest BCUT2D eigenvalue weighted by Gasteiger charge is 2.12. The molecule has 30 heavy (non-hydrogen) atoms. The van der Waals surface area contributed by atoms with Gasteiger partial charge in [0, 0.05) is 30.3 Å². The zero-order valence-electron chi connectivity index (χ0n) is 17.0. The Hall–Kier alpha value is -3.18. The smallest absolute Gasteiger partial charge is 0.129 e. The van der Waals surface area contributed by atoms with E-state index in [4.69, 9.17) is 10.5 Å². The largest absolute Gasteiger partial charge is 0.489 e. The van der Waals surface area contributed by atoms with Crippen molar-refractivity contribution in [1.82, 2.24) is 5.32 Å². The zero-order chi connectivity index (χ0) is 21.5. The summed E-state index contributed by atoms with van der Waals surface area (Å²) in [6, 6.07) is 18.9. The van der Waals surface area contributed by atoms with E-state index in [9.17, 15) is 8.78 Å². The molecule has 0 aliphatic heterocycles. The second-order valence-corrected chi connectivity index (χ2v) is 7.27. The Balaban J connectivity index is 1.83. The summed E-state index contributed by atoms with van der Waals surface area (Å²) in [7, 11) is 0. The number of nitrogens with one attached hydrogen (secondary N) is 1. The molecule has 0 radical (unpaired) electrons. The Kier molecular flexibility index (Phi) is 7.20. The lowest BCUT2D eigenvalue weighted by Gasteiger charge is -2.16. The van der Waals surface area contributed by atoms with Crippen LogP contribution in [0.15, 0.2) is 79.0 Å². The number of halogens is 2. The summed E-state index contributed by atoms with van der Waals surface area (Å²) in [5.41, 5.74) is 9.17. The maximum Gasteiger partial charge on any atom is 0.129 e. The summed E-state index contributed by atoms with van der Waals surface area (Å²) in [6.07, 6.45) is 0.367. The normalized spacial score (nSPS) is 11.8. The van der Waals surface area contributed by atoms with Crippen molar-refractivity contribution in [2.45, 2.75) is 32.5 Å². The maximum absolute atomic E-state index is 14.2. The molecule has 3 rings (SSSR count). The van der Waals surface area contributed by atoms with E-state index in [1.54, 1.807) is 36.4 Å². The highest BCUT2D eigenvalue weighted by Crippen LogP contribution is 2.26. The highest BCUT2D eigenvalue weighted by molar-refractivity contribution is 5.41. The van der Waals surface area contributed by atoms with E-state index in [0.29, 0.717) is 35.5 Å². The van der Waals surface area contributed by atoms with E-state index < -0.39 is 0 Å². The Morgan fingerprint density at radius 2 is 1.60 bits per heavy atom. The minimum Gasteiger partial charge on any atom is -0.489 e. The molecule has 0 saturated carbocycles. The third-order valence-corrected chi connectivity index (χ3v) is 4.97. The van der Waals surface area contributed by atoms with Gasteiger partial charge in [-0.2, -0.15) is 0 Å². The number of rotatable bonds is 9. The van der Waals surface area contributed by atoms with Gasteiger partial charge in [-0.15, -0.1) is 0 Å². The Morgan fingerprint density at radius 1 is 0.967 bits per heavy atom. The average Bonchev–Trinajstić information content (AvgIpc) is 2.74. The van der Waals surface area contributed by atoms with Crippen molar-refractivity contribution in [2.24, 2.45) is 5.73 Å². The van der Waals surface area contributed by atoms with Crippen molar-refractivity contribution >= 4 is 0 Å². The highest BCUT2D eigenvalue weighted by atomic mass is 19.1. The van der Waals surface area contributed by atoms with E-state index in [-0.39, 0.29) is 24.3 Å². The molecule has 1 unspecified atom stereocenters. The van der Waals surface area contributed by atoms with Crippen LogP contribution in [-0.4, -0.2) is 6.04 Å². The van der Waals surface area contributed by atoms with Gasteiger partial charge in [-0.05, 0) is 41.8 Å². The summed E-state index contributed by atoms with van der Waals surface area (Å²) in [4.78, 5) is 0. The first-order valence-corrected chi connectivity index (χ1v) is 9.83. The fourth-order valence-electron chi connectivity index (χ4n) is 3.04. The van der Waals surface area contributed by atoms with Gasteiger partial charge in [0.25, 0.3) is 0 Å². The van der Waals surface area contributed by atoms with E-state index in [1.165, 1.54) is 12.1 Å². The van der Waals surface area contributed by atoms with Gasteiger partial charge in [0.1, 0.15) is 24.0 Å². The van der Waals surface area contributed by atoms with Crippen molar-refractivity contribution in [3.63, 3.8) is 0 Å². The van der Waals surface area contributed by atoms with Crippen molar-refractivity contribution < 1.29 is 13.5 Å². The third-order valence-electron chi connectivity index (χ3n) is 4.97. The average molecular weight is 408 g/mol. The van der Waals surface area contributed by atoms with Crippen molar-refractivity contribution in [1.29, 1.82) is 0 Å². The van der Waals surface area contributed by atoms with Gasteiger partial charge >= 0.3 is 0 Å². The van der Waals surface area contributed by atoms with Gasteiger partial charge in [0.15, 0.2) is 0 Å². The van der Waals surface area contributed by atoms with Crippen molar-refractivity contribution in [3.8, 4) is 5.75 Å². The van der Waals surface area contributed by atoms with Crippen LogP contribution >= 0.6 is 0 Å². The second-order valence-electron chi connectivity index (χ2n) is 7.27. The van der Waals surface area contributed by atoms with Gasteiger partial charge in [-0.25, -0.2) is 8.78 Å². The SMILES string of the molecule is C=C(N)C(C)NCc1ccc(OCc2ccccc2F)c(Cc2ccccc2F)c1. The Morgan fingerprint density at radius 3 is 2.23 bits per heavy atom. The van der Waals surface area contributed by atoms with Crippen LogP contribution in [-0.2, 0) is 19.6 Å². The standard InChI is InChI=1S/C25H26F2N2O/c1-17(28)18(2)29-15-19-11-12-25(30-16-21-8-4-6-10-24(21)27)22(13-19)14-20-7-3-5-9-23(20)26/h3-13,18,29H,1,14-16,28H2,2H3. The molecular formula is C25H26F2N2O. The molecule has 5 heteroatoms. The molecule has 3 aromatic carbocycles. The number of hydrogen-bond donors (Lipinski definition) is 2. The maximum atomic E-state index is 14.2. The lowest BCUT2D eigenvalue weighted by molar-refractivity contribution is 0.297. The van der Waals surface area contributed by atoms with Crippen LogP contribution in [0.4, 0.5) is 8.78 Å². The van der Waals surface area contributed by atoms with Crippen LogP contribution in [0.1, 0.15) is 29.2 Å². The summed E-state index contributed by atoms with van der Waals surface area (Å²) in [5.74, 6) is 0.0145. The lowest BCUT2D eigenvalue weighted by atomic mass is 10.0. The van der Waals surface area contributed by atoms with E-state index in [1.807, 2.05) is 25.1 Å². The molecule has 0 aromatic heterocycles. The number of nitrogens with two attached hydrogens (primary N) is 1. The molecule has 156 valence electrons. The number of hydrogen-bond acceptors (Lipinski definition) is 3. The molecule has 1 atom stereocenters. The summed E-state index contributed by atoms with van der Waals surface area (Å²) in [5, 5.41) is 3.30. The molecule has 0 aliphatic rings. The lowest BCUT2D eigenvalue weighted by Crippen LogP contribution is -2.30. The minimum absolute atomic E-state index is 0.0306. The van der Waals surface area contributed by atoms with Gasteiger partial charge in [0.05, 0.1) is 0 Å². The topological polar surface area (TPSA) is 47.3 Å². The molecule has 0 heterocycles. The molecule has 3 nitrogen and oxygen atoms in total. The monoisotopic (exact) mass is 408 g/mol. The number of benzene rings is 3. The van der Waals surface area contributed by atoms with Crippen LogP contribution in [0.25, 0.3) is 0 Å². The molecule has 0 saturated heterocycles. The molecule has 3 N–H and O–H groups in total. The molecule has 0 fully saturated rings. The molecule has 3 aromatic rings. The van der Waals surface area contributed by atoms with Crippen LogP contribution in [0.5, 0.6) is 5.75 Å². The zero-order valence-corrected chi connectivity index (χ0v) is 17.0. The summed E-state index contributed by atoms with van der Waals surface area (Å²) >= 11 is 0. The first-order chi connectivity index (χ1) is 14.4. The van der Waals surface area contributed by atoms with E-state index in [0.717, 1.165) is 11.1 Å². The summed E-state index contributed by atoms with van der Waals surface area (Å²) < 4.78 is 34.1. The summed E-state index contributed by atoms with van der Waals surface area (Å²) in [6.45, 7) is 6.36. The first kappa shape index (κ1) is 21.5. The predicted octanol–water partition coefficient (Wildman–Crippen LogP) is 5.09. The Labute approximate surface area is 176 Å². The van der Waals surface area contributed by atoms with E-state index in [2.05, 4.69) is 11.9 Å². The molecular weight excluding hydrogens is 382 g/mol. The predicted molar refractivity (Wildman–Crippen MR) is 116 cm³/mol.